The maximum Gasteiger partial charge on any atom is 0.298 e. The van der Waals surface area contributed by atoms with E-state index in [1.54, 1.807) is 7.11 Å². The van der Waals surface area contributed by atoms with Crippen molar-refractivity contribution in [2.45, 2.75) is 13.5 Å². The zero-order valence-corrected chi connectivity index (χ0v) is 17.0. The minimum Gasteiger partial charge on any atom is -0.496 e. The van der Waals surface area contributed by atoms with Crippen LogP contribution < -0.4 is 9.64 Å². The Labute approximate surface area is 174 Å². The normalized spacial score (nSPS) is 15.1. The van der Waals surface area contributed by atoms with Crippen LogP contribution in [-0.4, -0.2) is 53.3 Å². The Morgan fingerprint density at radius 1 is 1.03 bits per heavy atom. The number of aromatic nitrogens is 3. The van der Waals surface area contributed by atoms with Crippen LogP contribution in [0, 0.1) is 6.92 Å². The lowest BCUT2D eigenvalue weighted by Crippen LogP contribution is -2.46. The minimum absolute atomic E-state index is 0.544. The molecule has 2 aromatic carbocycles. The van der Waals surface area contributed by atoms with Crippen LogP contribution in [0.25, 0.3) is 22.5 Å². The SMILES string of the molecule is COc1ccccc1-c1noc(CN2CCN(c3nc4cc(C)ccc4o3)CC2)n1. The van der Waals surface area contributed by atoms with Crippen LogP contribution in [0.5, 0.6) is 5.75 Å². The number of anilines is 1. The Morgan fingerprint density at radius 2 is 1.87 bits per heavy atom. The van der Waals surface area contributed by atoms with Gasteiger partial charge in [0.05, 0.1) is 19.2 Å². The number of aryl methyl sites for hydroxylation is 1. The quantitative estimate of drug-likeness (QED) is 0.499. The number of benzene rings is 2. The highest BCUT2D eigenvalue weighted by Gasteiger charge is 2.23. The lowest BCUT2D eigenvalue weighted by atomic mass is 10.2. The molecule has 3 heterocycles. The molecule has 1 saturated heterocycles. The molecule has 0 N–H and O–H groups in total. The molecule has 1 fully saturated rings. The Balaban J connectivity index is 1.23. The molecule has 30 heavy (non-hydrogen) atoms. The fraction of sp³-hybridized carbons (Fsp3) is 0.318. The van der Waals surface area contributed by atoms with E-state index in [1.165, 1.54) is 5.56 Å². The third-order valence-corrected chi connectivity index (χ3v) is 5.35. The predicted octanol–water partition coefficient (Wildman–Crippen LogP) is 3.52. The Hall–Kier alpha value is -3.39. The number of piperazine rings is 1. The van der Waals surface area contributed by atoms with Crippen LogP contribution in [0.4, 0.5) is 6.01 Å². The average Bonchev–Trinajstić information content (AvgIpc) is 3.41. The van der Waals surface area contributed by atoms with Crippen LogP contribution >= 0.6 is 0 Å². The van der Waals surface area contributed by atoms with E-state index in [0.717, 1.165) is 48.6 Å². The molecule has 5 rings (SSSR count). The first-order chi connectivity index (χ1) is 14.7. The summed E-state index contributed by atoms with van der Waals surface area (Å²) in [5.74, 6) is 1.87. The second-order valence-corrected chi connectivity index (χ2v) is 7.44. The molecule has 0 spiro atoms. The van der Waals surface area contributed by atoms with Gasteiger partial charge in [-0.15, -0.1) is 0 Å². The van der Waals surface area contributed by atoms with E-state index in [0.29, 0.717) is 24.3 Å². The van der Waals surface area contributed by atoms with Crippen LogP contribution in [0.3, 0.4) is 0 Å². The molecule has 154 valence electrons. The molecule has 0 aliphatic carbocycles. The van der Waals surface area contributed by atoms with Crippen LogP contribution in [0.2, 0.25) is 0 Å². The van der Waals surface area contributed by atoms with Gasteiger partial charge in [-0.3, -0.25) is 4.90 Å². The number of hydrogen-bond donors (Lipinski definition) is 0. The summed E-state index contributed by atoms with van der Waals surface area (Å²) in [7, 11) is 1.64. The first kappa shape index (κ1) is 18.6. The molecule has 0 bridgehead atoms. The number of nitrogens with zero attached hydrogens (tertiary/aromatic N) is 5. The highest BCUT2D eigenvalue weighted by Crippen LogP contribution is 2.27. The average molecular weight is 405 g/mol. The highest BCUT2D eigenvalue weighted by atomic mass is 16.5. The number of ether oxygens (including phenoxy) is 1. The van der Waals surface area contributed by atoms with Crippen molar-refractivity contribution in [1.29, 1.82) is 0 Å². The Kier molecular flexibility index (Phi) is 4.84. The summed E-state index contributed by atoms with van der Waals surface area (Å²) in [4.78, 5) is 13.7. The van der Waals surface area contributed by atoms with Gasteiger partial charge in [-0.1, -0.05) is 23.4 Å². The number of rotatable bonds is 5. The molecule has 1 aliphatic heterocycles. The van der Waals surface area contributed by atoms with Crippen LogP contribution in [0.1, 0.15) is 11.5 Å². The first-order valence-electron chi connectivity index (χ1n) is 10.00. The molecule has 8 heteroatoms. The van der Waals surface area contributed by atoms with Crippen molar-refractivity contribution in [2.75, 3.05) is 38.2 Å². The molecule has 4 aromatic rings. The number of oxazole rings is 1. The minimum atomic E-state index is 0.544. The number of fused-ring (bicyclic) bond motifs is 1. The van der Waals surface area contributed by atoms with Crippen LogP contribution in [0.15, 0.2) is 51.4 Å². The second-order valence-electron chi connectivity index (χ2n) is 7.44. The molecule has 0 radical (unpaired) electrons. The van der Waals surface area contributed by atoms with Crippen molar-refractivity contribution >= 4 is 17.1 Å². The van der Waals surface area contributed by atoms with Gasteiger partial charge in [0, 0.05) is 26.2 Å². The summed E-state index contributed by atoms with van der Waals surface area (Å²) in [6.07, 6.45) is 0. The Morgan fingerprint density at radius 3 is 2.70 bits per heavy atom. The molecular formula is C22H23N5O3. The summed E-state index contributed by atoms with van der Waals surface area (Å²) >= 11 is 0. The van der Waals surface area contributed by atoms with Crippen molar-refractivity contribution < 1.29 is 13.7 Å². The number of para-hydroxylation sites is 1. The van der Waals surface area contributed by atoms with Gasteiger partial charge in [0.1, 0.15) is 11.3 Å². The second kappa shape index (κ2) is 7.79. The smallest absolute Gasteiger partial charge is 0.298 e. The molecule has 0 unspecified atom stereocenters. The van der Waals surface area contributed by atoms with Gasteiger partial charge in [-0.05, 0) is 36.8 Å². The zero-order valence-electron chi connectivity index (χ0n) is 17.0. The molecule has 2 aromatic heterocycles. The van der Waals surface area contributed by atoms with Crippen molar-refractivity contribution in [3.63, 3.8) is 0 Å². The summed E-state index contributed by atoms with van der Waals surface area (Å²) in [5, 5.41) is 4.13. The van der Waals surface area contributed by atoms with Gasteiger partial charge in [0.25, 0.3) is 6.01 Å². The maximum absolute atomic E-state index is 5.93. The van der Waals surface area contributed by atoms with Crippen molar-refractivity contribution in [1.82, 2.24) is 20.0 Å². The van der Waals surface area contributed by atoms with Gasteiger partial charge >= 0.3 is 0 Å². The van der Waals surface area contributed by atoms with E-state index in [2.05, 4.69) is 31.8 Å². The fourth-order valence-electron chi connectivity index (χ4n) is 3.71. The summed E-state index contributed by atoms with van der Waals surface area (Å²) < 4.78 is 16.8. The topological polar surface area (TPSA) is 80.7 Å². The maximum atomic E-state index is 5.93. The van der Waals surface area contributed by atoms with Crippen molar-refractivity contribution in [3.8, 4) is 17.1 Å². The van der Waals surface area contributed by atoms with Gasteiger partial charge in [-0.2, -0.15) is 9.97 Å². The lowest BCUT2D eigenvalue weighted by Gasteiger charge is -2.32. The first-order valence-corrected chi connectivity index (χ1v) is 10.00. The molecule has 1 aliphatic rings. The summed E-state index contributed by atoms with van der Waals surface area (Å²) in [6.45, 7) is 6.07. The van der Waals surface area contributed by atoms with Crippen molar-refractivity contribution in [2.24, 2.45) is 0 Å². The monoisotopic (exact) mass is 405 g/mol. The van der Waals surface area contributed by atoms with Gasteiger partial charge in [0.15, 0.2) is 5.58 Å². The molecule has 0 atom stereocenters. The van der Waals surface area contributed by atoms with Gasteiger partial charge in [-0.25, -0.2) is 0 Å². The number of methoxy groups -OCH3 is 1. The number of hydrogen-bond acceptors (Lipinski definition) is 8. The van der Waals surface area contributed by atoms with E-state index < -0.39 is 0 Å². The van der Waals surface area contributed by atoms with Gasteiger partial charge < -0.3 is 18.6 Å². The predicted molar refractivity (Wildman–Crippen MR) is 113 cm³/mol. The largest absolute Gasteiger partial charge is 0.496 e. The fourth-order valence-corrected chi connectivity index (χ4v) is 3.71. The van der Waals surface area contributed by atoms with E-state index in [4.69, 9.17) is 13.7 Å². The third kappa shape index (κ3) is 3.61. The summed E-state index contributed by atoms with van der Waals surface area (Å²) in [6, 6.07) is 14.4. The van der Waals surface area contributed by atoms with Gasteiger partial charge in [0.2, 0.25) is 11.7 Å². The zero-order chi connectivity index (χ0) is 20.5. The molecule has 0 amide bonds. The third-order valence-electron chi connectivity index (χ3n) is 5.35. The highest BCUT2D eigenvalue weighted by molar-refractivity contribution is 5.75. The molecular weight excluding hydrogens is 382 g/mol. The standard InChI is InChI=1S/C22H23N5O3/c1-15-7-8-19-17(13-15)23-22(29-19)27-11-9-26(10-12-27)14-20-24-21(25-30-20)16-5-3-4-6-18(16)28-2/h3-8,13H,9-12,14H2,1-2H3. The molecule has 0 saturated carbocycles. The molecule has 8 nitrogen and oxygen atoms in total. The Bertz CT molecular complexity index is 1160. The van der Waals surface area contributed by atoms with E-state index in [9.17, 15) is 0 Å². The summed E-state index contributed by atoms with van der Waals surface area (Å²) in [5.41, 5.74) is 3.74. The van der Waals surface area contributed by atoms with E-state index in [1.807, 2.05) is 42.5 Å². The van der Waals surface area contributed by atoms with E-state index in [-0.39, 0.29) is 0 Å². The van der Waals surface area contributed by atoms with Crippen molar-refractivity contribution in [3.05, 3.63) is 53.9 Å². The lowest BCUT2D eigenvalue weighted by molar-refractivity contribution is 0.213. The van der Waals surface area contributed by atoms with E-state index >= 15 is 0 Å². The van der Waals surface area contributed by atoms with Crippen LogP contribution in [-0.2, 0) is 6.54 Å².